The highest BCUT2D eigenvalue weighted by atomic mass is 19.1. The summed E-state index contributed by atoms with van der Waals surface area (Å²) in [5, 5.41) is 0. The van der Waals surface area contributed by atoms with Crippen LogP contribution in [0.2, 0.25) is 0 Å². The molecular formula is C18H19FO2. The zero-order chi connectivity index (χ0) is 15.6. The largest absolute Gasteiger partial charge is 0.423 e. The summed E-state index contributed by atoms with van der Waals surface area (Å²) in [6.45, 7) is 8.20. The minimum atomic E-state index is -0.482. The van der Waals surface area contributed by atoms with E-state index >= 15 is 0 Å². The minimum Gasteiger partial charge on any atom is -0.423 e. The van der Waals surface area contributed by atoms with Crippen LogP contribution in [-0.4, -0.2) is 5.97 Å². The van der Waals surface area contributed by atoms with Crippen molar-refractivity contribution in [2.45, 2.75) is 33.1 Å². The number of ether oxygens (including phenoxy) is 1. The molecule has 0 aliphatic heterocycles. The molecule has 0 fully saturated rings. The lowest BCUT2D eigenvalue weighted by Crippen LogP contribution is -2.16. The molecule has 0 saturated carbocycles. The molecule has 0 aromatic heterocycles. The van der Waals surface area contributed by atoms with Gasteiger partial charge in [-0.15, -0.1) is 0 Å². The number of halogens is 1. The fraction of sp³-hybridized carbons (Fsp3) is 0.278. The zero-order valence-electron chi connectivity index (χ0n) is 12.7. The Morgan fingerprint density at radius 2 is 1.67 bits per heavy atom. The number of rotatable bonds is 2. The molecule has 0 spiro atoms. The van der Waals surface area contributed by atoms with Crippen molar-refractivity contribution >= 4 is 5.97 Å². The van der Waals surface area contributed by atoms with Gasteiger partial charge in [0.15, 0.2) is 0 Å². The molecule has 0 unspecified atom stereocenters. The van der Waals surface area contributed by atoms with Crippen LogP contribution >= 0.6 is 0 Å². The highest BCUT2D eigenvalue weighted by Crippen LogP contribution is 2.32. The van der Waals surface area contributed by atoms with Gasteiger partial charge in [-0.05, 0) is 42.7 Å². The third-order valence-corrected chi connectivity index (χ3v) is 3.23. The second kappa shape index (κ2) is 5.68. The number of hydrogen-bond donors (Lipinski definition) is 0. The van der Waals surface area contributed by atoms with Crippen molar-refractivity contribution in [3.8, 4) is 5.75 Å². The number of hydrogen-bond acceptors (Lipinski definition) is 2. The van der Waals surface area contributed by atoms with Crippen LogP contribution < -0.4 is 4.74 Å². The summed E-state index contributed by atoms with van der Waals surface area (Å²) in [6.07, 6.45) is 0. The normalized spacial score (nSPS) is 11.3. The van der Waals surface area contributed by atoms with E-state index in [2.05, 4.69) is 20.8 Å². The zero-order valence-corrected chi connectivity index (χ0v) is 12.7. The first kappa shape index (κ1) is 15.2. The van der Waals surface area contributed by atoms with Gasteiger partial charge in [-0.25, -0.2) is 9.18 Å². The van der Waals surface area contributed by atoms with Crippen LogP contribution in [0.15, 0.2) is 42.5 Å². The van der Waals surface area contributed by atoms with Crippen molar-refractivity contribution in [2.75, 3.05) is 0 Å². The minimum absolute atomic E-state index is 0.134. The van der Waals surface area contributed by atoms with E-state index in [1.807, 2.05) is 19.1 Å². The van der Waals surface area contributed by atoms with Gasteiger partial charge in [0.05, 0.1) is 5.56 Å². The highest BCUT2D eigenvalue weighted by Gasteiger charge is 2.21. The third kappa shape index (κ3) is 3.69. The molecule has 0 radical (unpaired) electrons. The lowest BCUT2D eigenvalue weighted by atomic mass is 9.85. The van der Waals surface area contributed by atoms with Crippen molar-refractivity contribution in [1.82, 2.24) is 0 Å². The lowest BCUT2D eigenvalue weighted by molar-refractivity contribution is 0.0732. The monoisotopic (exact) mass is 286 g/mol. The predicted molar refractivity (Wildman–Crippen MR) is 81.2 cm³/mol. The Hall–Kier alpha value is -2.16. The summed E-state index contributed by atoms with van der Waals surface area (Å²) in [5.41, 5.74) is 2.28. The summed E-state index contributed by atoms with van der Waals surface area (Å²) in [4.78, 5) is 12.1. The number of benzene rings is 2. The second-order valence-electron chi connectivity index (χ2n) is 6.15. The molecule has 0 N–H and O–H groups in total. The van der Waals surface area contributed by atoms with E-state index in [0.717, 1.165) is 11.1 Å². The maximum atomic E-state index is 12.9. The number of carbonyl (C=O) groups is 1. The van der Waals surface area contributed by atoms with Crippen LogP contribution in [0.4, 0.5) is 4.39 Å². The van der Waals surface area contributed by atoms with Gasteiger partial charge in [-0.3, -0.25) is 0 Å². The van der Waals surface area contributed by atoms with Gasteiger partial charge in [0.2, 0.25) is 0 Å². The SMILES string of the molecule is Cc1ccc(OC(=O)c2ccc(F)cc2)c(C(C)(C)C)c1. The number of aryl methyl sites for hydroxylation is 1. The van der Waals surface area contributed by atoms with E-state index < -0.39 is 5.97 Å². The quantitative estimate of drug-likeness (QED) is 0.593. The Labute approximate surface area is 124 Å². The fourth-order valence-electron chi connectivity index (χ4n) is 2.06. The van der Waals surface area contributed by atoms with E-state index in [9.17, 15) is 9.18 Å². The molecule has 0 aliphatic carbocycles. The molecular weight excluding hydrogens is 267 g/mol. The molecule has 21 heavy (non-hydrogen) atoms. The summed E-state index contributed by atoms with van der Waals surface area (Å²) >= 11 is 0. The van der Waals surface area contributed by atoms with Gasteiger partial charge in [-0.2, -0.15) is 0 Å². The van der Waals surface area contributed by atoms with Crippen molar-refractivity contribution in [2.24, 2.45) is 0 Å². The number of carbonyl (C=O) groups excluding carboxylic acids is 1. The Balaban J connectivity index is 2.31. The third-order valence-electron chi connectivity index (χ3n) is 3.23. The van der Waals surface area contributed by atoms with Crippen molar-refractivity contribution in [3.05, 3.63) is 65.0 Å². The van der Waals surface area contributed by atoms with Crippen molar-refractivity contribution < 1.29 is 13.9 Å². The standard InChI is InChI=1S/C18H19FO2/c1-12-5-10-16(15(11-12)18(2,3)4)21-17(20)13-6-8-14(19)9-7-13/h5-11H,1-4H3. The molecule has 0 bridgehead atoms. The second-order valence-corrected chi connectivity index (χ2v) is 6.15. The highest BCUT2D eigenvalue weighted by molar-refractivity contribution is 5.91. The summed E-state index contributed by atoms with van der Waals surface area (Å²) in [6, 6.07) is 11.1. The molecule has 0 saturated heterocycles. The Bertz CT molecular complexity index is 652. The van der Waals surface area contributed by atoms with Gasteiger partial charge in [0.25, 0.3) is 0 Å². The first-order chi connectivity index (χ1) is 9.77. The van der Waals surface area contributed by atoms with E-state index in [1.165, 1.54) is 24.3 Å². The molecule has 0 atom stereocenters. The van der Waals surface area contributed by atoms with Gasteiger partial charge >= 0.3 is 5.97 Å². The molecule has 110 valence electrons. The molecule has 3 heteroatoms. The van der Waals surface area contributed by atoms with Crippen molar-refractivity contribution in [1.29, 1.82) is 0 Å². The molecule has 2 rings (SSSR count). The summed E-state index contributed by atoms with van der Waals surface area (Å²) < 4.78 is 18.4. The molecule has 0 aliphatic rings. The first-order valence-corrected chi connectivity index (χ1v) is 6.86. The number of esters is 1. The molecule has 0 amide bonds. The summed E-state index contributed by atoms with van der Waals surface area (Å²) in [7, 11) is 0. The van der Waals surface area contributed by atoms with Crippen LogP contribution in [0.3, 0.4) is 0 Å². The fourth-order valence-corrected chi connectivity index (χ4v) is 2.06. The average Bonchev–Trinajstić information content (AvgIpc) is 2.40. The van der Waals surface area contributed by atoms with Gasteiger partial charge in [0, 0.05) is 5.56 Å². The van der Waals surface area contributed by atoms with E-state index in [1.54, 1.807) is 6.07 Å². The molecule has 2 nitrogen and oxygen atoms in total. The van der Waals surface area contributed by atoms with Gasteiger partial charge in [0.1, 0.15) is 11.6 Å². The van der Waals surface area contributed by atoms with Gasteiger partial charge in [-0.1, -0.05) is 38.5 Å². The van der Waals surface area contributed by atoms with Crippen LogP contribution in [0.5, 0.6) is 5.75 Å². The van der Waals surface area contributed by atoms with Crippen LogP contribution in [0.25, 0.3) is 0 Å². The maximum absolute atomic E-state index is 12.9. The van der Waals surface area contributed by atoms with E-state index in [-0.39, 0.29) is 11.2 Å². The Morgan fingerprint density at radius 1 is 1.05 bits per heavy atom. The van der Waals surface area contributed by atoms with E-state index in [0.29, 0.717) is 11.3 Å². The van der Waals surface area contributed by atoms with Crippen LogP contribution in [0, 0.1) is 12.7 Å². The maximum Gasteiger partial charge on any atom is 0.343 e. The Morgan fingerprint density at radius 3 is 2.24 bits per heavy atom. The molecule has 0 heterocycles. The van der Waals surface area contributed by atoms with Gasteiger partial charge < -0.3 is 4.74 Å². The van der Waals surface area contributed by atoms with E-state index in [4.69, 9.17) is 4.74 Å². The Kier molecular flexibility index (Phi) is 4.12. The smallest absolute Gasteiger partial charge is 0.343 e. The topological polar surface area (TPSA) is 26.3 Å². The molecule has 2 aromatic rings. The van der Waals surface area contributed by atoms with Crippen LogP contribution in [0.1, 0.15) is 42.3 Å². The lowest BCUT2D eigenvalue weighted by Gasteiger charge is -2.22. The molecule has 2 aromatic carbocycles. The first-order valence-electron chi connectivity index (χ1n) is 6.86. The van der Waals surface area contributed by atoms with Crippen molar-refractivity contribution in [3.63, 3.8) is 0 Å². The summed E-state index contributed by atoms with van der Waals surface area (Å²) in [5.74, 6) is -0.316. The predicted octanol–water partition coefficient (Wildman–Crippen LogP) is 4.65. The average molecular weight is 286 g/mol. The van der Waals surface area contributed by atoms with Crippen LogP contribution in [-0.2, 0) is 5.41 Å².